The Bertz CT molecular complexity index is 920. The maximum Gasteiger partial charge on any atom is 0.135 e. The molecule has 0 spiro atoms. The van der Waals surface area contributed by atoms with Crippen molar-refractivity contribution in [2.75, 3.05) is 19.8 Å². The maximum atomic E-state index is 10.6. The van der Waals surface area contributed by atoms with Crippen LogP contribution in [0.1, 0.15) is 6.92 Å². The number of rotatable bonds is 6. The number of halogens is 1. The van der Waals surface area contributed by atoms with Crippen LogP contribution >= 0.6 is 11.6 Å². The summed E-state index contributed by atoms with van der Waals surface area (Å²) in [4.78, 5) is 0. The molecule has 1 fully saturated rings. The monoisotopic (exact) mass is 358 g/mol. The molecule has 1 N–H and O–H groups in total. The summed E-state index contributed by atoms with van der Waals surface area (Å²) in [6.45, 7) is 3.77. The Morgan fingerprint density at radius 1 is 1.16 bits per heavy atom. The van der Waals surface area contributed by atoms with Gasteiger partial charge in [0.15, 0.2) is 0 Å². The van der Waals surface area contributed by atoms with E-state index in [1.54, 1.807) is 12.1 Å². The molecular weight excluding hydrogens is 340 g/mol. The summed E-state index contributed by atoms with van der Waals surface area (Å²) in [5, 5.41) is 14.3. The van der Waals surface area contributed by atoms with E-state index in [1.165, 1.54) is 0 Å². The number of hydrogen-bond acceptors (Lipinski definition) is 4. The molecule has 1 saturated heterocycles. The summed E-state index contributed by atoms with van der Waals surface area (Å²) in [6, 6.07) is 13.1. The van der Waals surface area contributed by atoms with E-state index in [9.17, 15) is 5.11 Å². The average molecular weight is 359 g/mol. The molecule has 3 aromatic rings. The Labute approximate surface area is 150 Å². The second kappa shape index (κ2) is 6.71. The second-order valence-corrected chi connectivity index (χ2v) is 6.76. The van der Waals surface area contributed by atoms with Gasteiger partial charge in [-0.3, -0.25) is 0 Å². The molecule has 0 saturated carbocycles. The molecule has 3 aromatic carbocycles. The van der Waals surface area contributed by atoms with Crippen LogP contribution < -0.4 is 4.74 Å². The number of aromatic hydroxyl groups is 1. The molecule has 0 amide bonds. The first-order chi connectivity index (χ1) is 12.1. The van der Waals surface area contributed by atoms with Crippen molar-refractivity contribution >= 4 is 33.1 Å². The van der Waals surface area contributed by atoms with Crippen LogP contribution in [0, 0.1) is 0 Å². The number of epoxide rings is 1. The standard InChI is InChI=1S/C20H19ClO4/c1-12(23-10-14-11-24-14)9-25-20-16-5-3-2-4-15(16)19(22)18-8-13(21)6-7-17(18)20/h2-8,12,14,22H,9-11H2,1H3. The maximum absolute atomic E-state index is 10.6. The van der Waals surface area contributed by atoms with Gasteiger partial charge in [-0.2, -0.15) is 0 Å². The van der Waals surface area contributed by atoms with Gasteiger partial charge in [-0.25, -0.2) is 0 Å². The van der Waals surface area contributed by atoms with Crippen LogP contribution in [0.25, 0.3) is 21.5 Å². The van der Waals surface area contributed by atoms with E-state index < -0.39 is 0 Å². The smallest absolute Gasteiger partial charge is 0.135 e. The summed E-state index contributed by atoms with van der Waals surface area (Å²) in [5.41, 5.74) is 0. The van der Waals surface area contributed by atoms with Crippen molar-refractivity contribution < 1.29 is 19.3 Å². The third-order valence-corrected chi connectivity index (χ3v) is 4.57. The summed E-state index contributed by atoms with van der Waals surface area (Å²) in [7, 11) is 0. The Balaban J connectivity index is 1.70. The minimum Gasteiger partial charge on any atom is -0.507 e. The van der Waals surface area contributed by atoms with Crippen molar-refractivity contribution in [1.82, 2.24) is 0 Å². The largest absolute Gasteiger partial charge is 0.507 e. The molecule has 2 unspecified atom stereocenters. The first kappa shape index (κ1) is 16.5. The Kier molecular flexibility index (Phi) is 4.42. The van der Waals surface area contributed by atoms with Crippen LogP contribution in [0.5, 0.6) is 11.5 Å². The quantitative estimate of drug-likeness (QED) is 0.519. The average Bonchev–Trinajstić information content (AvgIpc) is 3.45. The van der Waals surface area contributed by atoms with Crippen LogP contribution in [0.4, 0.5) is 0 Å². The molecule has 1 aliphatic rings. The van der Waals surface area contributed by atoms with Gasteiger partial charge >= 0.3 is 0 Å². The summed E-state index contributed by atoms with van der Waals surface area (Å²) in [5.74, 6) is 0.953. The lowest BCUT2D eigenvalue weighted by Gasteiger charge is -2.18. The predicted octanol–water partition coefficient (Wildman–Crippen LogP) is 4.53. The molecule has 1 aliphatic heterocycles. The van der Waals surface area contributed by atoms with E-state index >= 15 is 0 Å². The molecule has 0 aromatic heterocycles. The highest BCUT2D eigenvalue weighted by Crippen LogP contribution is 2.42. The molecule has 5 heteroatoms. The first-order valence-electron chi connectivity index (χ1n) is 8.32. The summed E-state index contributed by atoms with van der Waals surface area (Å²) >= 11 is 6.11. The van der Waals surface area contributed by atoms with Crippen molar-refractivity contribution in [3.63, 3.8) is 0 Å². The van der Waals surface area contributed by atoms with Crippen molar-refractivity contribution in [1.29, 1.82) is 0 Å². The van der Waals surface area contributed by atoms with Crippen LogP contribution in [0.15, 0.2) is 42.5 Å². The lowest BCUT2D eigenvalue weighted by atomic mass is 10.0. The van der Waals surface area contributed by atoms with Gasteiger partial charge in [-0.05, 0) is 25.1 Å². The number of phenolic OH excluding ortho intramolecular Hbond substituents is 1. The molecule has 4 nitrogen and oxygen atoms in total. The number of ether oxygens (including phenoxy) is 3. The lowest BCUT2D eigenvalue weighted by Crippen LogP contribution is -2.20. The SMILES string of the molecule is CC(COc1c2ccccc2c(O)c2cc(Cl)ccc12)OCC1CO1. The zero-order chi connectivity index (χ0) is 17.4. The third-order valence-electron chi connectivity index (χ3n) is 4.34. The Morgan fingerprint density at radius 2 is 1.88 bits per heavy atom. The third kappa shape index (κ3) is 3.38. The highest BCUT2D eigenvalue weighted by molar-refractivity contribution is 6.31. The fourth-order valence-corrected chi connectivity index (χ4v) is 3.10. The molecule has 0 bridgehead atoms. The number of phenols is 1. The second-order valence-electron chi connectivity index (χ2n) is 6.32. The van der Waals surface area contributed by atoms with E-state index in [0.717, 1.165) is 28.5 Å². The fraction of sp³-hybridized carbons (Fsp3) is 0.300. The van der Waals surface area contributed by atoms with Gasteiger partial charge in [0, 0.05) is 26.6 Å². The number of benzene rings is 3. The van der Waals surface area contributed by atoms with Crippen LogP contribution in [0.2, 0.25) is 5.02 Å². The van der Waals surface area contributed by atoms with E-state index in [0.29, 0.717) is 23.6 Å². The highest BCUT2D eigenvalue weighted by atomic mass is 35.5. The van der Waals surface area contributed by atoms with Crippen LogP contribution in [0.3, 0.4) is 0 Å². The highest BCUT2D eigenvalue weighted by Gasteiger charge is 2.23. The van der Waals surface area contributed by atoms with E-state index in [1.807, 2.05) is 37.3 Å². The summed E-state index contributed by atoms with van der Waals surface area (Å²) < 4.78 is 17.0. The van der Waals surface area contributed by atoms with Crippen molar-refractivity contribution in [3.05, 3.63) is 47.5 Å². The van der Waals surface area contributed by atoms with Crippen molar-refractivity contribution in [3.8, 4) is 11.5 Å². The molecular formula is C20H19ClO4. The van der Waals surface area contributed by atoms with E-state index in [4.69, 9.17) is 25.8 Å². The zero-order valence-corrected chi connectivity index (χ0v) is 14.6. The summed E-state index contributed by atoms with van der Waals surface area (Å²) in [6.07, 6.45) is 0.180. The normalized spacial score (nSPS) is 17.8. The molecule has 2 atom stereocenters. The lowest BCUT2D eigenvalue weighted by molar-refractivity contribution is 0.0248. The van der Waals surface area contributed by atoms with E-state index in [-0.39, 0.29) is 18.0 Å². The van der Waals surface area contributed by atoms with Gasteiger partial charge in [0.2, 0.25) is 0 Å². The van der Waals surface area contributed by atoms with Gasteiger partial charge in [0.25, 0.3) is 0 Å². The van der Waals surface area contributed by atoms with Gasteiger partial charge in [-0.15, -0.1) is 0 Å². The molecule has 130 valence electrons. The van der Waals surface area contributed by atoms with Gasteiger partial charge in [-0.1, -0.05) is 35.9 Å². The topological polar surface area (TPSA) is 51.2 Å². The molecule has 0 radical (unpaired) electrons. The van der Waals surface area contributed by atoms with Crippen LogP contribution in [-0.4, -0.2) is 37.1 Å². The molecule has 0 aliphatic carbocycles. The predicted molar refractivity (Wildman–Crippen MR) is 98.8 cm³/mol. The minimum atomic E-state index is -0.0564. The van der Waals surface area contributed by atoms with Crippen molar-refractivity contribution in [2.45, 2.75) is 19.1 Å². The molecule has 25 heavy (non-hydrogen) atoms. The Morgan fingerprint density at radius 3 is 2.64 bits per heavy atom. The van der Waals surface area contributed by atoms with Gasteiger partial charge in [0.05, 0.1) is 19.3 Å². The van der Waals surface area contributed by atoms with Crippen molar-refractivity contribution in [2.24, 2.45) is 0 Å². The fourth-order valence-electron chi connectivity index (χ4n) is 2.93. The Hall–Kier alpha value is -2.01. The molecule has 1 heterocycles. The number of hydrogen-bond donors (Lipinski definition) is 1. The van der Waals surface area contributed by atoms with Gasteiger partial charge in [0.1, 0.15) is 24.2 Å². The van der Waals surface area contributed by atoms with Gasteiger partial charge < -0.3 is 19.3 Å². The first-order valence-corrected chi connectivity index (χ1v) is 8.70. The molecule has 4 rings (SSSR count). The zero-order valence-electron chi connectivity index (χ0n) is 13.9. The number of fused-ring (bicyclic) bond motifs is 2. The minimum absolute atomic E-state index is 0.0564. The van der Waals surface area contributed by atoms with Crippen LogP contribution in [-0.2, 0) is 9.47 Å². The van der Waals surface area contributed by atoms with E-state index in [2.05, 4.69) is 0 Å².